The van der Waals surface area contributed by atoms with Crippen LogP contribution in [0.15, 0.2) is 78.9 Å². The summed E-state index contributed by atoms with van der Waals surface area (Å²) in [7, 11) is 0. The highest BCUT2D eigenvalue weighted by atomic mass is 32.1. The predicted molar refractivity (Wildman–Crippen MR) is 109 cm³/mol. The van der Waals surface area contributed by atoms with E-state index in [1.165, 1.54) is 14.8 Å². The number of nitro benzene ring substituents is 1. The van der Waals surface area contributed by atoms with Gasteiger partial charge in [0.1, 0.15) is 0 Å². The summed E-state index contributed by atoms with van der Waals surface area (Å²) in [5, 5.41) is 15.7. The lowest BCUT2D eigenvalue weighted by molar-refractivity contribution is -0.382. The maximum Gasteiger partial charge on any atom is 0.284 e. The molecule has 1 aromatic heterocycles. The Morgan fingerprint density at radius 1 is 0.731 bits per heavy atom. The second kappa shape index (κ2) is 5.64. The first-order valence-electron chi connectivity index (χ1n) is 8.30. The monoisotopic (exact) mass is 355 g/mol. The second-order valence-electron chi connectivity index (χ2n) is 6.25. The molecule has 0 aliphatic heterocycles. The van der Waals surface area contributed by atoms with Gasteiger partial charge in [-0.15, -0.1) is 11.3 Å². The Morgan fingerprint density at radius 3 is 2.31 bits per heavy atom. The van der Waals surface area contributed by atoms with E-state index in [1.54, 1.807) is 11.3 Å². The van der Waals surface area contributed by atoms with Crippen molar-refractivity contribution in [2.45, 2.75) is 0 Å². The maximum absolute atomic E-state index is 11.8. The lowest BCUT2D eigenvalue weighted by Gasteiger charge is -2.07. The van der Waals surface area contributed by atoms with E-state index in [4.69, 9.17) is 0 Å². The molecule has 3 nitrogen and oxygen atoms in total. The molecule has 0 N–H and O–H groups in total. The molecule has 0 saturated heterocycles. The van der Waals surface area contributed by atoms with Crippen molar-refractivity contribution >= 4 is 48.0 Å². The fourth-order valence-electron chi connectivity index (χ4n) is 3.58. The van der Waals surface area contributed by atoms with Gasteiger partial charge in [-0.2, -0.15) is 0 Å². The second-order valence-corrected chi connectivity index (χ2v) is 7.33. The Hall–Kier alpha value is -3.24. The Balaban J connectivity index is 1.83. The Morgan fingerprint density at radius 2 is 1.46 bits per heavy atom. The van der Waals surface area contributed by atoms with Gasteiger partial charge in [-0.1, -0.05) is 48.5 Å². The SMILES string of the molecule is O=[N+]([O-])c1c(-c2ccc3sc4ccccc4c3c2)ccc2ccccc12. The molecule has 0 fully saturated rings. The Kier molecular flexibility index (Phi) is 3.27. The first-order chi connectivity index (χ1) is 12.7. The number of fused-ring (bicyclic) bond motifs is 4. The molecule has 1 heterocycles. The number of hydrogen-bond acceptors (Lipinski definition) is 3. The highest BCUT2D eigenvalue weighted by Gasteiger charge is 2.20. The van der Waals surface area contributed by atoms with Crippen LogP contribution in [0.3, 0.4) is 0 Å². The van der Waals surface area contributed by atoms with E-state index in [0.717, 1.165) is 16.3 Å². The third-order valence-electron chi connectivity index (χ3n) is 4.77. The highest BCUT2D eigenvalue weighted by molar-refractivity contribution is 7.25. The number of hydrogen-bond donors (Lipinski definition) is 0. The van der Waals surface area contributed by atoms with Crippen LogP contribution in [0.5, 0.6) is 0 Å². The minimum Gasteiger partial charge on any atom is -0.258 e. The van der Waals surface area contributed by atoms with Gasteiger partial charge in [0.15, 0.2) is 0 Å². The van der Waals surface area contributed by atoms with Gasteiger partial charge in [0, 0.05) is 20.2 Å². The lowest BCUT2D eigenvalue weighted by atomic mass is 9.97. The van der Waals surface area contributed by atoms with E-state index in [-0.39, 0.29) is 10.6 Å². The third-order valence-corrected chi connectivity index (χ3v) is 5.92. The number of thiophene rings is 1. The van der Waals surface area contributed by atoms with Crippen LogP contribution in [0.4, 0.5) is 5.69 Å². The molecule has 0 bridgehead atoms. The van der Waals surface area contributed by atoms with Gasteiger partial charge in [-0.05, 0) is 41.3 Å². The smallest absolute Gasteiger partial charge is 0.258 e. The fraction of sp³-hybridized carbons (Fsp3) is 0. The molecule has 4 heteroatoms. The van der Waals surface area contributed by atoms with Crippen LogP contribution in [-0.4, -0.2) is 4.92 Å². The zero-order chi connectivity index (χ0) is 17.7. The standard InChI is InChI=1S/C22H13NO2S/c24-23(25)22-16-6-2-1-5-14(16)9-11-17(22)15-10-12-21-19(13-15)18-7-3-4-8-20(18)26-21/h1-13H. The Labute approximate surface area is 153 Å². The van der Waals surface area contributed by atoms with Crippen molar-refractivity contribution in [3.63, 3.8) is 0 Å². The van der Waals surface area contributed by atoms with E-state index in [1.807, 2.05) is 54.6 Å². The van der Waals surface area contributed by atoms with E-state index < -0.39 is 0 Å². The molecule has 0 aliphatic rings. The minimum atomic E-state index is -0.270. The molecule has 26 heavy (non-hydrogen) atoms. The molecule has 0 amide bonds. The number of nitro groups is 1. The van der Waals surface area contributed by atoms with Gasteiger partial charge in [0.2, 0.25) is 0 Å². The summed E-state index contributed by atoms with van der Waals surface area (Å²) in [6, 6.07) is 25.7. The summed E-state index contributed by atoms with van der Waals surface area (Å²) < 4.78 is 2.42. The molecule has 0 spiro atoms. The minimum absolute atomic E-state index is 0.169. The molecule has 124 valence electrons. The van der Waals surface area contributed by atoms with Gasteiger partial charge >= 0.3 is 0 Å². The normalized spacial score (nSPS) is 11.4. The van der Waals surface area contributed by atoms with Crippen molar-refractivity contribution in [2.24, 2.45) is 0 Å². The molecule has 5 aromatic rings. The first kappa shape index (κ1) is 15.0. The molecule has 0 aliphatic carbocycles. The van der Waals surface area contributed by atoms with Crippen molar-refractivity contribution in [3.8, 4) is 11.1 Å². The first-order valence-corrected chi connectivity index (χ1v) is 9.12. The van der Waals surface area contributed by atoms with Gasteiger partial charge in [-0.3, -0.25) is 10.1 Å². The summed E-state index contributed by atoms with van der Waals surface area (Å²) in [5.41, 5.74) is 1.70. The molecule has 0 atom stereocenters. The average Bonchev–Trinajstić information content (AvgIpc) is 3.04. The van der Waals surface area contributed by atoms with Crippen LogP contribution < -0.4 is 0 Å². The van der Waals surface area contributed by atoms with Crippen molar-refractivity contribution in [1.29, 1.82) is 0 Å². The molecule has 0 saturated carbocycles. The molecule has 0 radical (unpaired) electrons. The van der Waals surface area contributed by atoms with Crippen LogP contribution in [0.2, 0.25) is 0 Å². The Bertz CT molecular complexity index is 1320. The summed E-state index contributed by atoms with van der Waals surface area (Å²) >= 11 is 1.74. The zero-order valence-corrected chi connectivity index (χ0v) is 14.5. The molecular formula is C22H13NO2S. The van der Waals surface area contributed by atoms with Crippen LogP contribution >= 0.6 is 11.3 Å². The molecule has 5 rings (SSSR count). The molecule has 4 aromatic carbocycles. The van der Waals surface area contributed by atoms with Gasteiger partial charge < -0.3 is 0 Å². The third kappa shape index (κ3) is 2.20. The largest absolute Gasteiger partial charge is 0.284 e. The van der Waals surface area contributed by atoms with E-state index in [9.17, 15) is 10.1 Å². The van der Waals surface area contributed by atoms with Gasteiger partial charge in [0.25, 0.3) is 5.69 Å². The van der Waals surface area contributed by atoms with Crippen molar-refractivity contribution in [1.82, 2.24) is 0 Å². The number of benzene rings is 4. The molecule has 0 unspecified atom stereocenters. The average molecular weight is 355 g/mol. The van der Waals surface area contributed by atoms with E-state index in [0.29, 0.717) is 10.9 Å². The highest BCUT2D eigenvalue weighted by Crippen LogP contribution is 2.40. The number of nitrogens with zero attached hydrogens (tertiary/aromatic N) is 1. The summed E-state index contributed by atoms with van der Waals surface area (Å²) in [5.74, 6) is 0. The predicted octanol–water partition coefficient (Wildman–Crippen LogP) is 6.78. The van der Waals surface area contributed by atoms with E-state index >= 15 is 0 Å². The molecular weight excluding hydrogens is 342 g/mol. The van der Waals surface area contributed by atoms with Crippen LogP contribution in [0, 0.1) is 10.1 Å². The summed E-state index contributed by atoms with van der Waals surface area (Å²) in [6.07, 6.45) is 0. The van der Waals surface area contributed by atoms with Crippen molar-refractivity contribution in [3.05, 3.63) is 89.0 Å². The van der Waals surface area contributed by atoms with Crippen LogP contribution in [0.25, 0.3) is 42.1 Å². The fourth-order valence-corrected chi connectivity index (χ4v) is 4.66. The van der Waals surface area contributed by atoms with Crippen molar-refractivity contribution in [2.75, 3.05) is 0 Å². The van der Waals surface area contributed by atoms with Crippen LogP contribution in [-0.2, 0) is 0 Å². The van der Waals surface area contributed by atoms with E-state index in [2.05, 4.69) is 24.3 Å². The zero-order valence-electron chi connectivity index (χ0n) is 13.7. The van der Waals surface area contributed by atoms with Crippen molar-refractivity contribution < 1.29 is 4.92 Å². The summed E-state index contributed by atoms with van der Waals surface area (Å²) in [4.78, 5) is 11.6. The number of rotatable bonds is 2. The maximum atomic E-state index is 11.8. The van der Waals surface area contributed by atoms with Gasteiger partial charge in [-0.25, -0.2) is 0 Å². The topological polar surface area (TPSA) is 43.1 Å². The van der Waals surface area contributed by atoms with Crippen LogP contribution in [0.1, 0.15) is 0 Å². The lowest BCUT2D eigenvalue weighted by Crippen LogP contribution is -1.93. The summed E-state index contributed by atoms with van der Waals surface area (Å²) in [6.45, 7) is 0. The van der Waals surface area contributed by atoms with Gasteiger partial charge in [0.05, 0.1) is 15.9 Å². The quantitative estimate of drug-likeness (QED) is 0.259.